The minimum atomic E-state index is -4.25. The highest BCUT2D eigenvalue weighted by molar-refractivity contribution is 7.83. The average molecular weight is 482 g/mol. The summed E-state index contributed by atoms with van der Waals surface area (Å²) < 4.78 is 39.2. The Morgan fingerprint density at radius 2 is 1.82 bits per heavy atom. The van der Waals surface area contributed by atoms with Crippen LogP contribution in [0.2, 0.25) is 0 Å². The number of rotatable bonds is 8. The number of thiol groups is 1. The molecule has 1 aromatic heterocycles. The summed E-state index contributed by atoms with van der Waals surface area (Å²) in [4.78, 5) is 21.5. The van der Waals surface area contributed by atoms with Crippen molar-refractivity contribution in [2.24, 2.45) is 4.99 Å². The number of benzene rings is 1. The first-order valence-corrected chi connectivity index (χ1v) is 11.4. The van der Waals surface area contributed by atoms with Crippen LogP contribution in [0.15, 0.2) is 64.4 Å². The maximum Gasteiger partial charge on any atom is 0.389 e. The van der Waals surface area contributed by atoms with Gasteiger partial charge in [-0.3, -0.25) is 14.4 Å². The van der Waals surface area contributed by atoms with Crippen molar-refractivity contribution >= 4 is 18.8 Å². The molecule has 0 saturated heterocycles. The molecule has 0 spiro atoms. The minimum Gasteiger partial charge on any atom is -0.291 e. The van der Waals surface area contributed by atoms with Gasteiger partial charge in [0.25, 0.3) is 5.56 Å². The van der Waals surface area contributed by atoms with Crippen molar-refractivity contribution in [3.8, 4) is 11.3 Å². The number of aromatic nitrogens is 2. The quantitative estimate of drug-likeness (QED) is 0.246. The van der Waals surface area contributed by atoms with E-state index >= 15 is 0 Å². The molecule has 0 aliphatic rings. The SMILES string of the molecule is C=C.CC.CCC=N/C(=C\S)Cn1c(CCCC(F)(F)F)nc(-c2ccc(C)cc2)cc1=O. The Kier molecular flexibility index (Phi) is 14.8. The van der Waals surface area contributed by atoms with Crippen LogP contribution in [-0.4, -0.2) is 21.9 Å². The lowest BCUT2D eigenvalue weighted by atomic mass is 10.1. The van der Waals surface area contributed by atoms with Gasteiger partial charge in [-0.1, -0.05) is 50.6 Å². The molecular weight excluding hydrogens is 447 g/mol. The summed E-state index contributed by atoms with van der Waals surface area (Å²) >= 11 is 4.12. The second kappa shape index (κ2) is 16.1. The molecule has 1 heterocycles. The molecule has 4 nitrogen and oxygen atoms in total. The molecule has 0 bridgehead atoms. The lowest BCUT2D eigenvalue weighted by Crippen LogP contribution is -2.26. The third kappa shape index (κ3) is 11.2. The Balaban J connectivity index is 0.00000242. The van der Waals surface area contributed by atoms with Crippen LogP contribution < -0.4 is 5.56 Å². The van der Waals surface area contributed by atoms with Crippen LogP contribution in [0.1, 0.15) is 51.4 Å². The van der Waals surface area contributed by atoms with Gasteiger partial charge in [0.2, 0.25) is 0 Å². The van der Waals surface area contributed by atoms with Crippen LogP contribution in [0, 0.1) is 6.92 Å². The van der Waals surface area contributed by atoms with E-state index in [4.69, 9.17) is 0 Å². The number of aryl methyl sites for hydroxylation is 2. The van der Waals surface area contributed by atoms with Gasteiger partial charge in [0, 0.05) is 30.7 Å². The molecule has 2 aromatic rings. The zero-order valence-corrected chi connectivity index (χ0v) is 20.7. The molecule has 0 unspecified atom stereocenters. The van der Waals surface area contributed by atoms with Gasteiger partial charge in [-0.25, -0.2) is 4.98 Å². The number of hydrogen-bond donors (Lipinski definition) is 1. The highest BCUT2D eigenvalue weighted by Gasteiger charge is 2.26. The molecule has 0 saturated carbocycles. The standard InChI is InChI=1S/C21H24F3N3OS.C2H6.C2H4/c1-3-11-25-17(14-29)13-27-19(5-4-10-21(22,23)24)26-18(12-20(27)28)16-8-6-15(2)7-9-16;2*1-2/h6-9,11-12,14,29H,3-5,10,13H2,1-2H3;1-2H3;1-2H2/b17-14-,25-11?;;. The van der Waals surface area contributed by atoms with Crippen molar-refractivity contribution in [2.75, 3.05) is 0 Å². The Labute approximate surface area is 200 Å². The molecule has 33 heavy (non-hydrogen) atoms. The Morgan fingerprint density at radius 3 is 2.33 bits per heavy atom. The molecule has 2 rings (SSSR count). The summed E-state index contributed by atoms with van der Waals surface area (Å²) in [5.41, 5.74) is 2.44. The van der Waals surface area contributed by atoms with E-state index in [0.717, 1.165) is 11.1 Å². The molecule has 1 aromatic carbocycles. The molecule has 182 valence electrons. The van der Waals surface area contributed by atoms with E-state index in [1.807, 2.05) is 52.0 Å². The minimum absolute atomic E-state index is 0.0335. The third-order valence-electron chi connectivity index (χ3n) is 4.20. The lowest BCUT2D eigenvalue weighted by molar-refractivity contribution is -0.135. The predicted octanol–water partition coefficient (Wildman–Crippen LogP) is 7.18. The number of hydrogen-bond acceptors (Lipinski definition) is 4. The maximum atomic E-state index is 12.8. The maximum absolute atomic E-state index is 12.8. The van der Waals surface area contributed by atoms with Gasteiger partial charge in [0.1, 0.15) is 5.82 Å². The van der Waals surface area contributed by atoms with Gasteiger partial charge in [0.05, 0.1) is 17.9 Å². The zero-order valence-electron chi connectivity index (χ0n) is 19.8. The van der Waals surface area contributed by atoms with Crippen molar-refractivity contribution < 1.29 is 13.2 Å². The number of halogens is 3. The van der Waals surface area contributed by atoms with E-state index in [1.54, 1.807) is 6.21 Å². The van der Waals surface area contributed by atoms with Gasteiger partial charge >= 0.3 is 6.18 Å². The van der Waals surface area contributed by atoms with Gasteiger partial charge in [-0.15, -0.1) is 25.8 Å². The fourth-order valence-corrected chi connectivity index (χ4v) is 2.87. The number of alkyl halides is 3. The van der Waals surface area contributed by atoms with Gasteiger partial charge in [-0.05, 0) is 25.2 Å². The summed E-state index contributed by atoms with van der Waals surface area (Å²) in [6, 6.07) is 8.87. The molecule has 0 N–H and O–H groups in total. The van der Waals surface area contributed by atoms with Crippen molar-refractivity contribution in [1.82, 2.24) is 9.55 Å². The highest BCUT2D eigenvalue weighted by Crippen LogP contribution is 2.23. The summed E-state index contributed by atoms with van der Waals surface area (Å²) in [5, 5.41) is 1.48. The van der Waals surface area contributed by atoms with Gasteiger partial charge in [-0.2, -0.15) is 13.2 Å². The molecule has 0 atom stereocenters. The Hall–Kier alpha value is -2.61. The predicted molar refractivity (Wildman–Crippen MR) is 136 cm³/mol. The molecule has 0 radical (unpaired) electrons. The first kappa shape index (κ1) is 30.4. The first-order chi connectivity index (χ1) is 15.7. The van der Waals surface area contributed by atoms with Gasteiger partial charge < -0.3 is 0 Å². The van der Waals surface area contributed by atoms with Crippen molar-refractivity contribution in [1.29, 1.82) is 0 Å². The van der Waals surface area contributed by atoms with Crippen LogP contribution in [-0.2, 0) is 13.0 Å². The summed E-state index contributed by atoms with van der Waals surface area (Å²) in [6.07, 6.45) is -2.90. The van der Waals surface area contributed by atoms with E-state index in [9.17, 15) is 18.0 Å². The van der Waals surface area contributed by atoms with E-state index < -0.39 is 12.6 Å². The van der Waals surface area contributed by atoms with Gasteiger partial charge in [0.15, 0.2) is 0 Å². The number of aliphatic imine (C=N–C) groups is 1. The van der Waals surface area contributed by atoms with E-state index in [2.05, 4.69) is 35.8 Å². The van der Waals surface area contributed by atoms with Crippen molar-refractivity contribution in [3.05, 3.63) is 76.3 Å². The van der Waals surface area contributed by atoms with Crippen LogP contribution in [0.3, 0.4) is 0 Å². The lowest BCUT2D eigenvalue weighted by Gasteiger charge is -2.14. The molecule has 0 aliphatic heterocycles. The summed E-state index contributed by atoms with van der Waals surface area (Å²) in [7, 11) is 0. The highest BCUT2D eigenvalue weighted by atomic mass is 32.1. The molecule has 8 heteroatoms. The normalized spacial score (nSPS) is 11.5. The fraction of sp³-hybridized carbons (Fsp3) is 0.400. The zero-order chi connectivity index (χ0) is 25.4. The number of allylic oxidation sites excluding steroid dienone is 1. The molecule has 0 aliphatic carbocycles. The second-order valence-corrected chi connectivity index (χ2v) is 6.92. The summed E-state index contributed by atoms with van der Waals surface area (Å²) in [5.74, 6) is 0.303. The van der Waals surface area contributed by atoms with Crippen LogP contribution in [0.5, 0.6) is 0 Å². The second-order valence-electron chi connectivity index (χ2n) is 6.66. The van der Waals surface area contributed by atoms with Crippen molar-refractivity contribution in [2.45, 2.75) is 66.1 Å². The Morgan fingerprint density at radius 1 is 1.21 bits per heavy atom. The van der Waals surface area contributed by atoms with E-state index in [-0.39, 0.29) is 24.9 Å². The van der Waals surface area contributed by atoms with Crippen LogP contribution >= 0.6 is 12.6 Å². The fourth-order valence-electron chi connectivity index (χ4n) is 2.72. The molecular formula is C25H34F3N3OS. The first-order valence-electron chi connectivity index (χ1n) is 10.8. The third-order valence-corrected chi connectivity index (χ3v) is 4.50. The van der Waals surface area contributed by atoms with E-state index in [0.29, 0.717) is 23.6 Å². The summed E-state index contributed by atoms with van der Waals surface area (Å²) in [6.45, 7) is 14.0. The van der Waals surface area contributed by atoms with Crippen molar-refractivity contribution in [3.63, 3.8) is 0 Å². The smallest absolute Gasteiger partial charge is 0.291 e. The topological polar surface area (TPSA) is 47.2 Å². The molecule has 0 fully saturated rings. The van der Waals surface area contributed by atoms with Crippen LogP contribution in [0.25, 0.3) is 11.3 Å². The largest absolute Gasteiger partial charge is 0.389 e. The number of nitrogens with zero attached hydrogens (tertiary/aromatic N) is 3. The molecule has 0 amide bonds. The monoisotopic (exact) mass is 481 g/mol. The Bertz CT molecular complexity index is 949. The van der Waals surface area contributed by atoms with E-state index in [1.165, 1.54) is 16.0 Å². The average Bonchev–Trinajstić information content (AvgIpc) is 2.80. The van der Waals surface area contributed by atoms with Crippen LogP contribution in [0.4, 0.5) is 13.2 Å².